The van der Waals surface area contributed by atoms with Gasteiger partial charge >= 0.3 is 0 Å². The van der Waals surface area contributed by atoms with Gasteiger partial charge in [0.1, 0.15) is 0 Å². The second-order valence-corrected chi connectivity index (χ2v) is 7.74. The minimum atomic E-state index is 1.01. The first-order chi connectivity index (χ1) is 14.3. The predicted octanol–water partition coefficient (Wildman–Crippen LogP) is 6.13. The van der Waals surface area contributed by atoms with Gasteiger partial charge in [-0.05, 0) is 51.3 Å². The third-order valence-electron chi connectivity index (χ3n) is 5.14. The van der Waals surface area contributed by atoms with Crippen molar-refractivity contribution in [1.82, 2.24) is 9.97 Å². The highest BCUT2D eigenvalue weighted by Gasteiger charge is 2.05. The Morgan fingerprint density at radius 3 is 1.93 bits per heavy atom. The number of hydrogen-bond acceptors (Lipinski definition) is 2. The molecule has 0 N–H and O–H groups in total. The van der Waals surface area contributed by atoms with Crippen LogP contribution < -0.4 is 5.30 Å². The van der Waals surface area contributed by atoms with Crippen LogP contribution in [-0.2, 0) is 0 Å². The molecule has 0 bridgehead atoms. The summed E-state index contributed by atoms with van der Waals surface area (Å²) in [4.78, 5) is 8.93. The van der Waals surface area contributed by atoms with E-state index < -0.39 is 0 Å². The molecule has 0 aliphatic carbocycles. The fourth-order valence-corrected chi connectivity index (χ4v) is 3.72. The lowest BCUT2D eigenvalue weighted by atomic mass is 10.00. The van der Waals surface area contributed by atoms with E-state index in [1.54, 1.807) is 6.20 Å². The molecule has 5 aromatic rings. The molecule has 0 saturated carbocycles. The molecule has 2 aromatic heterocycles. The maximum atomic E-state index is 4.73. The van der Waals surface area contributed by atoms with E-state index in [1.807, 2.05) is 18.5 Å². The van der Waals surface area contributed by atoms with Crippen molar-refractivity contribution < 1.29 is 0 Å². The minimum absolute atomic E-state index is 1.01. The van der Waals surface area contributed by atoms with Crippen molar-refractivity contribution in [2.24, 2.45) is 0 Å². The Kier molecular flexibility index (Phi) is 4.63. The van der Waals surface area contributed by atoms with E-state index in [0.29, 0.717) is 0 Å². The molecule has 3 heteroatoms. The summed E-state index contributed by atoms with van der Waals surface area (Å²) in [5.41, 5.74) is 7.96. The number of rotatable bonds is 3. The lowest BCUT2D eigenvalue weighted by molar-refractivity contribution is 1.33. The molecule has 2 heterocycles. The van der Waals surface area contributed by atoms with E-state index in [-0.39, 0.29) is 0 Å². The molecule has 5 rings (SSSR count). The number of nitrogens with zero attached hydrogens (tertiary/aromatic N) is 2. The van der Waals surface area contributed by atoms with E-state index in [9.17, 15) is 0 Å². The van der Waals surface area contributed by atoms with Gasteiger partial charge in [-0.2, -0.15) is 0 Å². The standard InChI is InChI=1S/C26H19N2P/c29-25-11-9-18(10-12-25)21-7-8-22-14-24(17-28-26(22)15-21)20-5-3-19(4-6-20)23-2-1-13-27-16-23/h1-17H,29H2. The maximum absolute atomic E-state index is 4.73. The fourth-order valence-electron chi connectivity index (χ4n) is 3.52. The van der Waals surface area contributed by atoms with Crippen molar-refractivity contribution >= 4 is 25.4 Å². The summed E-state index contributed by atoms with van der Waals surface area (Å²) in [6.07, 6.45) is 5.63. The van der Waals surface area contributed by atoms with Crippen molar-refractivity contribution in [2.45, 2.75) is 0 Å². The van der Waals surface area contributed by atoms with Crippen LogP contribution in [0.2, 0.25) is 0 Å². The molecule has 29 heavy (non-hydrogen) atoms. The zero-order chi connectivity index (χ0) is 19.6. The largest absolute Gasteiger partial charge is 0.264 e. The Balaban J connectivity index is 1.47. The topological polar surface area (TPSA) is 25.8 Å². The van der Waals surface area contributed by atoms with Crippen molar-refractivity contribution in [3.8, 4) is 33.4 Å². The molecule has 2 nitrogen and oxygen atoms in total. The van der Waals surface area contributed by atoms with Gasteiger partial charge in [0.2, 0.25) is 0 Å². The number of hydrogen-bond donors (Lipinski definition) is 0. The monoisotopic (exact) mass is 390 g/mol. The predicted molar refractivity (Wildman–Crippen MR) is 125 cm³/mol. The third-order valence-corrected chi connectivity index (χ3v) is 5.53. The molecule has 1 unspecified atom stereocenters. The Morgan fingerprint density at radius 1 is 0.552 bits per heavy atom. The van der Waals surface area contributed by atoms with E-state index in [0.717, 1.165) is 33.2 Å². The highest BCUT2D eigenvalue weighted by Crippen LogP contribution is 2.28. The summed E-state index contributed by atoms with van der Waals surface area (Å²) >= 11 is 0. The smallest absolute Gasteiger partial charge is 0.0708 e. The molecule has 0 fully saturated rings. The van der Waals surface area contributed by atoms with Crippen LogP contribution in [0.1, 0.15) is 0 Å². The third kappa shape index (κ3) is 3.68. The first-order valence-corrected chi connectivity index (χ1v) is 10.1. The van der Waals surface area contributed by atoms with E-state index in [1.165, 1.54) is 16.4 Å². The van der Waals surface area contributed by atoms with Gasteiger partial charge in [0.25, 0.3) is 0 Å². The lowest BCUT2D eigenvalue weighted by Gasteiger charge is -2.08. The van der Waals surface area contributed by atoms with Gasteiger partial charge in [0.05, 0.1) is 5.52 Å². The van der Waals surface area contributed by atoms with Gasteiger partial charge in [-0.3, -0.25) is 9.97 Å². The van der Waals surface area contributed by atoms with Crippen LogP contribution in [0.5, 0.6) is 0 Å². The van der Waals surface area contributed by atoms with E-state index in [2.05, 4.69) is 93.1 Å². The van der Waals surface area contributed by atoms with Gasteiger partial charge in [0.15, 0.2) is 0 Å². The highest BCUT2D eigenvalue weighted by molar-refractivity contribution is 7.27. The SMILES string of the molecule is Pc1ccc(-c2ccc3cc(-c4ccc(-c5cccnc5)cc4)cnc3c2)cc1. The van der Waals surface area contributed by atoms with Crippen molar-refractivity contribution in [3.63, 3.8) is 0 Å². The minimum Gasteiger partial charge on any atom is -0.264 e. The maximum Gasteiger partial charge on any atom is 0.0708 e. The van der Waals surface area contributed by atoms with Crippen LogP contribution >= 0.6 is 9.24 Å². The first-order valence-electron chi connectivity index (χ1n) is 9.53. The number of pyridine rings is 2. The summed E-state index contributed by atoms with van der Waals surface area (Å²) in [6, 6.07) is 29.8. The fraction of sp³-hybridized carbons (Fsp3) is 0. The van der Waals surface area contributed by atoms with Gasteiger partial charge in [0, 0.05) is 29.5 Å². The Bertz CT molecular complexity index is 1280. The summed E-state index contributed by atoms with van der Waals surface area (Å²) in [7, 11) is 2.72. The van der Waals surface area contributed by atoms with Crippen molar-refractivity contribution in [2.75, 3.05) is 0 Å². The Morgan fingerprint density at radius 2 is 1.21 bits per heavy atom. The molecule has 138 valence electrons. The van der Waals surface area contributed by atoms with E-state index in [4.69, 9.17) is 4.98 Å². The number of benzene rings is 3. The van der Waals surface area contributed by atoms with Crippen molar-refractivity contribution in [1.29, 1.82) is 0 Å². The molecule has 0 aliphatic rings. The lowest BCUT2D eigenvalue weighted by Crippen LogP contribution is -1.89. The van der Waals surface area contributed by atoms with Gasteiger partial charge in [-0.1, -0.05) is 66.7 Å². The van der Waals surface area contributed by atoms with Crippen LogP contribution in [0.15, 0.2) is 104 Å². The van der Waals surface area contributed by atoms with Crippen LogP contribution in [0.4, 0.5) is 0 Å². The average Bonchev–Trinajstić information content (AvgIpc) is 2.80. The zero-order valence-corrected chi connectivity index (χ0v) is 16.9. The van der Waals surface area contributed by atoms with Gasteiger partial charge < -0.3 is 0 Å². The molecular formula is C26H19N2P. The summed E-state index contributed by atoms with van der Waals surface area (Å²) < 4.78 is 0. The summed E-state index contributed by atoms with van der Waals surface area (Å²) in [5.74, 6) is 0. The number of aromatic nitrogens is 2. The molecule has 0 amide bonds. The summed E-state index contributed by atoms with van der Waals surface area (Å²) in [5, 5.41) is 2.33. The molecule has 0 saturated heterocycles. The van der Waals surface area contributed by atoms with Gasteiger partial charge in [-0.15, -0.1) is 9.24 Å². The van der Waals surface area contributed by atoms with Crippen LogP contribution in [-0.4, -0.2) is 9.97 Å². The Labute approximate surface area is 172 Å². The molecular weight excluding hydrogens is 371 g/mol. The first kappa shape index (κ1) is 17.7. The van der Waals surface area contributed by atoms with Gasteiger partial charge in [-0.25, -0.2) is 0 Å². The number of fused-ring (bicyclic) bond motifs is 1. The normalized spacial score (nSPS) is 10.9. The average molecular weight is 390 g/mol. The van der Waals surface area contributed by atoms with Crippen molar-refractivity contribution in [3.05, 3.63) is 104 Å². The molecule has 0 spiro atoms. The van der Waals surface area contributed by atoms with E-state index >= 15 is 0 Å². The van der Waals surface area contributed by atoms with Crippen LogP contribution in [0, 0.1) is 0 Å². The quantitative estimate of drug-likeness (QED) is 0.346. The second kappa shape index (κ2) is 7.58. The molecule has 0 radical (unpaired) electrons. The second-order valence-electron chi connectivity index (χ2n) is 7.07. The van der Waals surface area contributed by atoms with Crippen LogP contribution in [0.3, 0.4) is 0 Å². The Hall–Kier alpha value is -3.35. The zero-order valence-electron chi connectivity index (χ0n) is 15.8. The molecule has 1 atom stereocenters. The van der Waals surface area contributed by atoms with Crippen LogP contribution in [0.25, 0.3) is 44.3 Å². The molecule has 0 aliphatic heterocycles. The molecule has 3 aromatic carbocycles. The summed E-state index contributed by atoms with van der Waals surface area (Å²) in [6.45, 7) is 0. The highest BCUT2D eigenvalue weighted by atomic mass is 31.0.